The van der Waals surface area contributed by atoms with Crippen molar-refractivity contribution in [2.75, 3.05) is 5.32 Å². The molecule has 0 radical (unpaired) electrons. The van der Waals surface area contributed by atoms with Gasteiger partial charge in [0.25, 0.3) is 0 Å². The topological polar surface area (TPSA) is 52.9 Å². The lowest BCUT2D eigenvalue weighted by atomic mass is 10.2. The van der Waals surface area contributed by atoms with Gasteiger partial charge in [-0.3, -0.25) is 4.79 Å². The molecule has 0 fully saturated rings. The molecule has 0 heterocycles. The predicted octanol–water partition coefficient (Wildman–Crippen LogP) is 3.30. The predicted molar refractivity (Wildman–Crippen MR) is 63.0 cm³/mol. The first-order chi connectivity index (χ1) is 8.25. The van der Waals surface area contributed by atoms with E-state index in [1.54, 1.807) is 0 Å². The van der Waals surface area contributed by atoms with Crippen LogP contribution in [0.15, 0.2) is 12.1 Å². The van der Waals surface area contributed by atoms with Crippen LogP contribution in [0.3, 0.4) is 0 Å². The molecule has 1 aromatic carbocycles. The summed E-state index contributed by atoms with van der Waals surface area (Å²) in [5.41, 5.74) is -1.47. The Hall–Kier alpha value is -1.37. The summed E-state index contributed by atoms with van der Waals surface area (Å²) in [6.07, 6.45) is -5.23. The molecular weight excluding hydrogens is 367 g/mol. The first-order valence-electron chi connectivity index (χ1n) is 4.48. The Morgan fingerprint density at radius 3 is 2.56 bits per heavy atom. The molecule has 1 aromatic rings. The second kappa shape index (κ2) is 5.51. The number of carbonyl (C=O) groups excluding carboxylic acids is 1. The molecule has 1 rings (SSSR count). The Morgan fingerprint density at radius 2 is 2.06 bits per heavy atom. The third-order valence-electron chi connectivity index (χ3n) is 1.86. The van der Waals surface area contributed by atoms with Gasteiger partial charge in [-0.25, -0.2) is 4.39 Å². The molecular formula is C10H5F4IN2O. The molecule has 1 N–H and O–H groups in total. The summed E-state index contributed by atoms with van der Waals surface area (Å²) in [6, 6.07) is 2.66. The van der Waals surface area contributed by atoms with E-state index in [2.05, 4.69) is 5.32 Å². The van der Waals surface area contributed by atoms with Crippen molar-refractivity contribution < 1.29 is 22.4 Å². The highest BCUT2D eigenvalue weighted by Gasteiger charge is 2.34. The Morgan fingerprint density at radius 1 is 1.44 bits per heavy atom. The number of hydrogen-bond donors (Lipinski definition) is 1. The summed E-state index contributed by atoms with van der Waals surface area (Å²) in [5.74, 6) is -1.91. The average Bonchev–Trinajstić information content (AvgIpc) is 2.21. The number of benzene rings is 1. The van der Waals surface area contributed by atoms with Gasteiger partial charge < -0.3 is 5.32 Å². The summed E-state index contributed by atoms with van der Waals surface area (Å²) in [7, 11) is 0. The molecule has 18 heavy (non-hydrogen) atoms. The first kappa shape index (κ1) is 14.7. The third kappa shape index (κ3) is 3.56. The van der Waals surface area contributed by atoms with E-state index in [9.17, 15) is 22.4 Å². The minimum Gasteiger partial charge on any atom is -0.324 e. The SMILES string of the molecule is N#CCC(=O)Nc1cc(F)cc(C(F)(F)F)c1I. The normalized spacial score (nSPS) is 10.9. The molecule has 0 saturated carbocycles. The highest BCUT2D eigenvalue weighted by Crippen LogP contribution is 2.36. The minimum atomic E-state index is -4.71. The van der Waals surface area contributed by atoms with Crippen molar-refractivity contribution in [3.05, 3.63) is 27.1 Å². The van der Waals surface area contributed by atoms with Gasteiger partial charge in [-0.2, -0.15) is 18.4 Å². The van der Waals surface area contributed by atoms with Crippen LogP contribution in [0.1, 0.15) is 12.0 Å². The molecule has 0 spiro atoms. The van der Waals surface area contributed by atoms with Gasteiger partial charge in [0.1, 0.15) is 12.2 Å². The fraction of sp³-hybridized carbons (Fsp3) is 0.200. The largest absolute Gasteiger partial charge is 0.417 e. The average molecular weight is 372 g/mol. The Labute approximate surface area is 113 Å². The number of alkyl halides is 3. The maximum atomic E-state index is 13.1. The van der Waals surface area contributed by atoms with Crippen molar-refractivity contribution >= 4 is 34.2 Å². The van der Waals surface area contributed by atoms with Gasteiger partial charge in [0.05, 0.1) is 17.3 Å². The van der Waals surface area contributed by atoms with Crippen LogP contribution in [0.5, 0.6) is 0 Å². The smallest absolute Gasteiger partial charge is 0.324 e. The number of anilines is 1. The molecule has 8 heteroatoms. The van der Waals surface area contributed by atoms with E-state index in [1.165, 1.54) is 28.7 Å². The highest BCUT2D eigenvalue weighted by atomic mass is 127. The molecule has 0 aliphatic heterocycles. The Kier molecular flexibility index (Phi) is 4.50. The number of amides is 1. The monoisotopic (exact) mass is 372 g/mol. The van der Waals surface area contributed by atoms with E-state index in [0.29, 0.717) is 6.07 Å². The molecule has 0 saturated heterocycles. The number of nitrogens with one attached hydrogen (secondary N) is 1. The summed E-state index contributed by atoms with van der Waals surface area (Å²) in [5, 5.41) is 10.3. The number of nitriles is 1. The van der Waals surface area contributed by atoms with Crippen molar-refractivity contribution in [3.63, 3.8) is 0 Å². The lowest BCUT2D eigenvalue weighted by molar-refractivity contribution is -0.138. The zero-order valence-corrected chi connectivity index (χ0v) is 10.8. The van der Waals surface area contributed by atoms with Crippen LogP contribution in [-0.4, -0.2) is 5.91 Å². The van der Waals surface area contributed by atoms with Gasteiger partial charge in [0.15, 0.2) is 0 Å². The van der Waals surface area contributed by atoms with Gasteiger partial charge in [0, 0.05) is 3.57 Å². The van der Waals surface area contributed by atoms with Crippen LogP contribution in [0.2, 0.25) is 0 Å². The van der Waals surface area contributed by atoms with Gasteiger partial charge in [-0.15, -0.1) is 0 Å². The molecule has 0 unspecified atom stereocenters. The van der Waals surface area contributed by atoms with Crippen LogP contribution in [-0.2, 0) is 11.0 Å². The lowest BCUT2D eigenvalue weighted by Gasteiger charge is -2.13. The zero-order chi connectivity index (χ0) is 13.9. The van der Waals surface area contributed by atoms with Gasteiger partial charge >= 0.3 is 6.18 Å². The zero-order valence-electron chi connectivity index (χ0n) is 8.61. The third-order valence-corrected chi connectivity index (χ3v) is 3.02. The second-order valence-electron chi connectivity index (χ2n) is 3.20. The molecule has 0 bridgehead atoms. The first-order valence-corrected chi connectivity index (χ1v) is 5.56. The summed E-state index contributed by atoms with van der Waals surface area (Å²) in [6.45, 7) is 0. The van der Waals surface area contributed by atoms with Crippen LogP contribution in [0.25, 0.3) is 0 Å². The molecule has 96 valence electrons. The number of rotatable bonds is 2. The molecule has 1 amide bonds. The molecule has 3 nitrogen and oxygen atoms in total. The van der Waals surface area contributed by atoms with E-state index in [1.807, 2.05) is 0 Å². The minimum absolute atomic E-state index is 0.303. The molecule has 0 aromatic heterocycles. The highest BCUT2D eigenvalue weighted by molar-refractivity contribution is 14.1. The van der Waals surface area contributed by atoms with E-state index >= 15 is 0 Å². The van der Waals surface area contributed by atoms with Gasteiger partial charge in [-0.05, 0) is 34.7 Å². The Balaban J connectivity index is 3.18. The van der Waals surface area contributed by atoms with Crippen LogP contribution in [0, 0.1) is 20.7 Å². The Bertz CT molecular complexity index is 522. The van der Waals surface area contributed by atoms with E-state index in [4.69, 9.17) is 5.26 Å². The van der Waals surface area contributed by atoms with Gasteiger partial charge in [-0.1, -0.05) is 0 Å². The fourth-order valence-corrected chi connectivity index (χ4v) is 1.90. The second-order valence-corrected chi connectivity index (χ2v) is 4.27. The van der Waals surface area contributed by atoms with Crippen molar-refractivity contribution in [2.45, 2.75) is 12.6 Å². The number of carbonyl (C=O) groups is 1. The molecule has 0 atom stereocenters. The summed E-state index contributed by atoms with van der Waals surface area (Å²) >= 11 is 1.36. The quantitative estimate of drug-likeness (QED) is 0.640. The van der Waals surface area contributed by atoms with Crippen LogP contribution >= 0.6 is 22.6 Å². The standard InChI is InChI=1S/C10H5F4IN2O/c11-5-3-6(10(12,13)14)9(15)7(4-5)17-8(18)1-2-16/h3-4H,1H2,(H,17,18). The van der Waals surface area contributed by atoms with Crippen molar-refractivity contribution in [3.8, 4) is 6.07 Å². The van der Waals surface area contributed by atoms with E-state index in [0.717, 1.165) is 6.07 Å². The maximum absolute atomic E-state index is 13.1. The van der Waals surface area contributed by atoms with Gasteiger partial charge in [0.2, 0.25) is 5.91 Å². The molecule has 0 aliphatic rings. The van der Waals surface area contributed by atoms with Crippen LogP contribution in [0.4, 0.5) is 23.2 Å². The number of hydrogen-bond acceptors (Lipinski definition) is 2. The number of nitrogens with zero attached hydrogens (tertiary/aromatic N) is 1. The lowest BCUT2D eigenvalue weighted by Crippen LogP contribution is -2.15. The molecule has 0 aliphatic carbocycles. The number of halogens is 5. The summed E-state index contributed by atoms with van der Waals surface area (Å²) in [4.78, 5) is 11.1. The van der Waals surface area contributed by atoms with E-state index < -0.39 is 29.9 Å². The maximum Gasteiger partial charge on any atom is 0.417 e. The van der Waals surface area contributed by atoms with Crippen molar-refractivity contribution in [2.24, 2.45) is 0 Å². The van der Waals surface area contributed by atoms with E-state index in [-0.39, 0.29) is 9.26 Å². The summed E-state index contributed by atoms with van der Waals surface area (Å²) < 4.78 is 50.4. The van der Waals surface area contributed by atoms with Crippen LogP contribution < -0.4 is 5.32 Å². The fourth-order valence-electron chi connectivity index (χ4n) is 1.15. The van der Waals surface area contributed by atoms with Crippen molar-refractivity contribution in [1.82, 2.24) is 0 Å². The van der Waals surface area contributed by atoms with Crippen molar-refractivity contribution in [1.29, 1.82) is 5.26 Å².